The summed E-state index contributed by atoms with van der Waals surface area (Å²) >= 11 is -2.06. The first-order valence-electron chi connectivity index (χ1n) is 7.10. The van der Waals surface area contributed by atoms with E-state index in [1.807, 2.05) is 0 Å². The third-order valence-electron chi connectivity index (χ3n) is 3.04. The molecule has 0 amide bonds. The zero-order chi connectivity index (χ0) is 17.4. The summed E-state index contributed by atoms with van der Waals surface area (Å²) < 4.78 is 36.2. The molecule has 3 rings (SSSR count). The van der Waals surface area contributed by atoms with Crippen LogP contribution in [0.3, 0.4) is 0 Å². The van der Waals surface area contributed by atoms with Crippen LogP contribution in [0, 0.1) is 0 Å². The summed E-state index contributed by atoms with van der Waals surface area (Å²) in [7, 11) is -4.67. The molecule has 24 heavy (non-hydrogen) atoms. The van der Waals surface area contributed by atoms with Crippen molar-refractivity contribution in [1.29, 1.82) is 0 Å². The van der Waals surface area contributed by atoms with Gasteiger partial charge in [-0.05, 0) is 0 Å². The van der Waals surface area contributed by atoms with Crippen molar-refractivity contribution in [2.75, 3.05) is 0 Å². The summed E-state index contributed by atoms with van der Waals surface area (Å²) in [5.41, 5.74) is 0. The Balaban J connectivity index is 0.000000368. The fraction of sp³-hybridized carbons (Fsp3) is 0. The molecule has 0 aliphatic heterocycles. The molecule has 2 N–H and O–H groups in total. The van der Waals surface area contributed by atoms with Crippen molar-refractivity contribution in [3.05, 3.63) is 91.0 Å². The Bertz CT molecular complexity index is 736. The molecule has 0 bridgehead atoms. The first-order chi connectivity index (χ1) is 11.4. The van der Waals surface area contributed by atoms with Crippen LogP contribution in [0.4, 0.5) is 0 Å². The van der Waals surface area contributed by atoms with E-state index in [-0.39, 0.29) is 0 Å². The molecule has 0 saturated carbocycles. The molecule has 0 radical (unpaired) electrons. The molecule has 0 aromatic heterocycles. The average molecular weight is 538 g/mol. The number of benzene rings is 3. The van der Waals surface area contributed by atoms with E-state index in [9.17, 15) is 0 Å². The molecule has 0 aliphatic rings. The monoisotopic (exact) mass is 538 g/mol. The second-order valence-corrected chi connectivity index (χ2v) is 14.3. The normalized spacial score (nSPS) is 10.8. The van der Waals surface area contributed by atoms with Gasteiger partial charge in [-0.15, -0.1) is 0 Å². The molecule has 3 aromatic carbocycles. The molecule has 0 fully saturated rings. The van der Waals surface area contributed by atoms with Gasteiger partial charge in [-0.1, -0.05) is 0 Å². The zero-order valence-electron chi connectivity index (χ0n) is 12.7. The fourth-order valence-corrected chi connectivity index (χ4v) is 11.1. The van der Waals surface area contributed by atoms with Crippen LogP contribution in [0.1, 0.15) is 0 Å². The standard InChI is InChI=1S/3C6H5.Bi.H2O4S/c3*1-2-4-6-5-3-1;;1-5(2,3)4/h3*1-5H;;(H2,1,2,3,4). The summed E-state index contributed by atoms with van der Waals surface area (Å²) in [5.74, 6) is 0. The van der Waals surface area contributed by atoms with Gasteiger partial charge in [0.2, 0.25) is 0 Å². The van der Waals surface area contributed by atoms with Gasteiger partial charge in [0.15, 0.2) is 0 Å². The Kier molecular flexibility index (Phi) is 7.06. The van der Waals surface area contributed by atoms with E-state index in [1.54, 1.807) is 0 Å². The Morgan fingerprint density at radius 2 is 0.750 bits per heavy atom. The third-order valence-corrected chi connectivity index (χ3v) is 12.5. The van der Waals surface area contributed by atoms with E-state index in [2.05, 4.69) is 91.0 Å². The van der Waals surface area contributed by atoms with Gasteiger partial charge in [0, 0.05) is 0 Å². The SMILES string of the molecule is O=S(=O)(O)O.c1cc[c]([Bi]([c]2ccccc2)[c]2ccccc2)cc1. The fourth-order valence-electron chi connectivity index (χ4n) is 2.18. The minimum absolute atomic E-state index is 1.54. The predicted molar refractivity (Wildman–Crippen MR) is 98.2 cm³/mol. The van der Waals surface area contributed by atoms with E-state index >= 15 is 0 Å². The summed E-state index contributed by atoms with van der Waals surface area (Å²) in [4.78, 5) is 0. The molecule has 124 valence electrons. The molecule has 0 saturated heterocycles. The number of rotatable bonds is 3. The average Bonchev–Trinajstić information content (AvgIpc) is 2.57. The molecule has 4 nitrogen and oxygen atoms in total. The van der Waals surface area contributed by atoms with Crippen LogP contribution in [-0.2, 0) is 10.4 Å². The van der Waals surface area contributed by atoms with Crippen molar-refractivity contribution < 1.29 is 17.5 Å². The van der Waals surface area contributed by atoms with Gasteiger partial charge in [0.25, 0.3) is 0 Å². The molecule has 0 spiro atoms. The van der Waals surface area contributed by atoms with Crippen molar-refractivity contribution in [3.8, 4) is 0 Å². The second kappa shape index (κ2) is 9.04. The van der Waals surface area contributed by atoms with E-state index in [1.165, 1.54) is 9.81 Å². The van der Waals surface area contributed by atoms with Gasteiger partial charge in [0.05, 0.1) is 0 Å². The van der Waals surface area contributed by atoms with Gasteiger partial charge in [-0.2, -0.15) is 8.42 Å². The van der Waals surface area contributed by atoms with E-state index in [0.29, 0.717) is 0 Å². The Labute approximate surface area is 150 Å². The van der Waals surface area contributed by atoms with Crippen LogP contribution < -0.4 is 9.81 Å². The van der Waals surface area contributed by atoms with Crippen molar-refractivity contribution in [3.63, 3.8) is 0 Å². The first-order valence-corrected chi connectivity index (χ1v) is 13.7. The van der Waals surface area contributed by atoms with Crippen LogP contribution in [0.15, 0.2) is 91.0 Å². The molecule has 0 atom stereocenters. The Morgan fingerprint density at radius 1 is 0.542 bits per heavy atom. The molecule has 3 aromatic rings. The van der Waals surface area contributed by atoms with Crippen LogP contribution in [0.2, 0.25) is 0 Å². The van der Waals surface area contributed by atoms with E-state index < -0.39 is 32.1 Å². The topological polar surface area (TPSA) is 74.6 Å². The van der Waals surface area contributed by atoms with Gasteiger partial charge < -0.3 is 0 Å². The molecular formula is C18H17BiO4S. The number of hydrogen-bond acceptors (Lipinski definition) is 2. The van der Waals surface area contributed by atoms with Crippen LogP contribution in [0.25, 0.3) is 0 Å². The van der Waals surface area contributed by atoms with Crippen molar-refractivity contribution in [2.24, 2.45) is 0 Å². The van der Waals surface area contributed by atoms with Gasteiger partial charge in [-0.25, -0.2) is 0 Å². The molecular weight excluding hydrogens is 521 g/mol. The Morgan fingerprint density at radius 3 is 0.958 bits per heavy atom. The van der Waals surface area contributed by atoms with Crippen molar-refractivity contribution >= 4 is 42.0 Å². The van der Waals surface area contributed by atoms with Crippen LogP contribution in [-0.4, -0.2) is 39.3 Å². The molecule has 0 heterocycles. The summed E-state index contributed by atoms with van der Waals surface area (Å²) in [6.07, 6.45) is 0. The van der Waals surface area contributed by atoms with Gasteiger partial charge in [-0.3, -0.25) is 9.11 Å². The second-order valence-electron chi connectivity index (χ2n) is 4.79. The van der Waals surface area contributed by atoms with E-state index in [0.717, 1.165) is 0 Å². The minimum atomic E-state index is -4.67. The van der Waals surface area contributed by atoms with Crippen LogP contribution >= 0.6 is 0 Å². The maximum absolute atomic E-state index is 8.74. The summed E-state index contributed by atoms with van der Waals surface area (Å²) in [5, 5.41) is 0. The third kappa shape index (κ3) is 6.50. The maximum atomic E-state index is 8.74. The quantitative estimate of drug-likeness (QED) is 0.392. The summed E-state index contributed by atoms with van der Waals surface area (Å²) in [6.45, 7) is 0. The molecule has 0 aliphatic carbocycles. The van der Waals surface area contributed by atoms with Crippen LogP contribution in [0.5, 0.6) is 0 Å². The molecule has 0 unspecified atom stereocenters. The zero-order valence-corrected chi connectivity index (χ0v) is 17.0. The molecule has 6 heteroatoms. The number of hydrogen-bond donors (Lipinski definition) is 2. The Hall–Kier alpha value is -1.59. The van der Waals surface area contributed by atoms with Crippen molar-refractivity contribution in [2.45, 2.75) is 0 Å². The predicted octanol–water partition coefficient (Wildman–Crippen LogP) is 1.55. The summed E-state index contributed by atoms with van der Waals surface area (Å²) in [6, 6.07) is 33.0. The van der Waals surface area contributed by atoms with Gasteiger partial charge >= 0.3 is 133 Å². The van der Waals surface area contributed by atoms with E-state index in [4.69, 9.17) is 17.5 Å². The first kappa shape index (κ1) is 18.7. The van der Waals surface area contributed by atoms with Gasteiger partial charge in [0.1, 0.15) is 0 Å². The van der Waals surface area contributed by atoms with Crippen molar-refractivity contribution in [1.82, 2.24) is 0 Å².